The Hall–Kier alpha value is -1.75. The van der Waals surface area contributed by atoms with Crippen molar-refractivity contribution in [3.63, 3.8) is 0 Å². The molecule has 0 aliphatic carbocycles. The van der Waals surface area contributed by atoms with Gasteiger partial charge < -0.3 is 4.74 Å². The van der Waals surface area contributed by atoms with Gasteiger partial charge in [-0.05, 0) is 28.1 Å². The van der Waals surface area contributed by atoms with Crippen molar-refractivity contribution in [2.75, 3.05) is 0 Å². The highest BCUT2D eigenvalue weighted by Crippen LogP contribution is 2.32. The summed E-state index contributed by atoms with van der Waals surface area (Å²) in [5, 5.41) is 0. The minimum atomic E-state index is -0.746. The summed E-state index contributed by atoms with van der Waals surface area (Å²) in [5.41, 5.74) is 0.286. The summed E-state index contributed by atoms with van der Waals surface area (Å²) in [6, 6.07) is 7.69. The fourth-order valence-electron chi connectivity index (χ4n) is 1.43. The largest absolute Gasteiger partial charge is 0.455 e. The zero-order valence-corrected chi connectivity index (χ0v) is 10.6. The van der Waals surface area contributed by atoms with Crippen LogP contribution in [0.25, 0.3) is 0 Å². The van der Waals surface area contributed by atoms with E-state index in [-0.39, 0.29) is 17.1 Å². The van der Waals surface area contributed by atoms with Crippen LogP contribution in [0.5, 0.6) is 11.5 Å². The SMILES string of the molecule is O=Cc1cccc(Br)c1Oc1cc(F)cc(F)c1. The second kappa shape index (κ2) is 5.27. The van der Waals surface area contributed by atoms with Gasteiger partial charge in [0.2, 0.25) is 0 Å². The van der Waals surface area contributed by atoms with Gasteiger partial charge in [-0.2, -0.15) is 0 Å². The highest BCUT2D eigenvalue weighted by atomic mass is 79.9. The lowest BCUT2D eigenvalue weighted by atomic mass is 10.2. The Morgan fingerprint density at radius 1 is 1.11 bits per heavy atom. The average molecular weight is 313 g/mol. The first-order chi connectivity index (χ1) is 8.60. The number of para-hydroxylation sites is 1. The molecule has 2 rings (SSSR count). The van der Waals surface area contributed by atoms with Crippen LogP contribution in [-0.4, -0.2) is 6.29 Å². The number of benzene rings is 2. The maximum absolute atomic E-state index is 13.0. The third kappa shape index (κ3) is 2.73. The summed E-state index contributed by atoms with van der Waals surface area (Å²) in [6.07, 6.45) is 0.607. The van der Waals surface area contributed by atoms with Gasteiger partial charge in [0.15, 0.2) is 12.0 Å². The lowest BCUT2D eigenvalue weighted by molar-refractivity contribution is 0.112. The topological polar surface area (TPSA) is 26.3 Å². The molecular weight excluding hydrogens is 306 g/mol. The summed E-state index contributed by atoms with van der Waals surface area (Å²) in [6.45, 7) is 0. The summed E-state index contributed by atoms with van der Waals surface area (Å²) < 4.78 is 31.9. The van der Waals surface area contributed by atoms with Crippen molar-refractivity contribution in [2.45, 2.75) is 0 Å². The van der Waals surface area contributed by atoms with Crippen LogP contribution in [0.15, 0.2) is 40.9 Å². The van der Waals surface area contributed by atoms with E-state index in [1.54, 1.807) is 18.2 Å². The molecule has 18 heavy (non-hydrogen) atoms. The summed E-state index contributed by atoms with van der Waals surface area (Å²) in [7, 11) is 0. The molecule has 0 saturated carbocycles. The van der Waals surface area contributed by atoms with E-state index in [0.29, 0.717) is 10.8 Å². The Morgan fingerprint density at radius 3 is 2.39 bits per heavy atom. The molecule has 0 aliphatic heterocycles. The fourth-order valence-corrected chi connectivity index (χ4v) is 1.89. The van der Waals surface area contributed by atoms with Crippen LogP contribution >= 0.6 is 15.9 Å². The third-order valence-electron chi connectivity index (χ3n) is 2.18. The molecule has 2 aromatic rings. The van der Waals surface area contributed by atoms with Crippen LogP contribution in [0.2, 0.25) is 0 Å². The van der Waals surface area contributed by atoms with Gasteiger partial charge in [-0.3, -0.25) is 4.79 Å². The Balaban J connectivity index is 2.42. The summed E-state index contributed by atoms with van der Waals surface area (Å²) >= 11 is 3.21. The Bertz CT molecular complexity index is 579. The predicted molar refractivity (Wildman–Crippen MR) is 66.0 cm³/mol. The van der Waals surface area contributed by atoms with Crippen molar-refractivity contribution in [1.82, 2.24) is 0 Å². The molecule has 0 spiro atoms. The summed E-state index contributed by atoms with van der Waals surface area (Å²) in [4.78, 5) is 10.9. The number of halogens is 3. The van der Waals surface area contributed by atoms with Crippen LogP contribution in [0.3, 0.4) is 0 Å². The standard InChI is InChI=1S/C13H7BrF2O2/c14-12-3-1-2-8(7-17)13(12)18-11-5-9(15)4-10(16)6-11/h1-7H. The molecule has 0 saturated heterocycles. The molecule has 0 atom stereocenters. The lowest BCUT2D eigenvalue weighted by Crippen LogP contribution is -1.93. The molecule has 5 heteroatoms. The molecule has 0 N–H and O–H groups in total. The van der Waals surface area contributed by atoms with Crippen molar-refractivity contribution in [2.24, 2.45) is 0 Å². The van der Waals surface area contributed by atoms with Gasteiger partial charge in [0.05, 0.1) is 10.0 Å². The van der Waals surface area contributed by atoms with E-state index < -0.39 is 11.6 Å². The second-order valence-electron chi connectivity index (χ2n) is 3.48. The van der Waals surface area contributed by atoms with E-state index in [4.69, 9.17) is 4.74 Å². The normalized spacial score (nSPS) is 10.2. The molecule has 0 radical (unpaired) electrons. The van der Waals surface area contributed by atoms with Crippen molar-refractivity contribution in [3.8, 4) is 11.5 Å². The van der Waals surface area contributed by atoms with E-state index in [9.17, 15) is 13.6 Å². The molecule has 0 amide bonds. The zero-order chi connectivity index (χ0) is 13.1. The maximum Gasteiger partial charge on any atom is 0.153 e. The predicted octanol–water partition coefficient (Wildman–Crippen LogP) is 4.33. The molecule has 92 valence electrons. The second-order valence-corrected chi connectivity index (χ2v) is 4.34. The molecule has 0 unspecified atom stereocenters. The smallest absolute Gasteiger partial charge is 0.153 e. The van der Waals surface area contributed by atoms with Gasteiger partial charge in [0.25, 0.3) is 0 Å². The highest BCUT2D eigenvalue weighted by molar-refractivity contribution is 9.10. The van der Waals surface area contributed by atoms with Gasteiger partial charge in [-0.15, -0.1) is 0 Å². The van der Waals surface area contributed by atoms with Crippen molar-refractivity contribution in [1.29, 1.82) is 0 Å². The van der Waals surface area contributed by atoms with Gasteiger partial charge in [-0.25, -0.2) is 8.78 Å². The van der Waals surface area contributed by atoms with Crippen LogP contribution < -0.4 is 4.74 Å². The number of rotatable bonds is 3. The average Bonchev–Trinajstić information content (AvgIpc) is 2.30. The van der Waals surface area contributed by atoms with Crippen LogP contribution in [0.4, 0.5) is 8.78 Å². The number of hydrogen-bond donors (Lipinski definition) is 0. The maximum atomic E-state index is 13.0. The van der Waals surface area contributed by atoms with E-state index >= 15 is 0 Å². The van der Waals surface area contributed by atoms with E-state index in [2.05, 4.69) is 15.9 Å². The van der Waals surface area contributed by atoms with Crippen LogP contribution in [-0.2, 0) is 0 Å². The van der Waals surface area contributed by atoms with E-state index in [1.807, 2.05) is 0 Å². The molecule has 0 aliphatic rings. The Kier molecular flexibility index (Phi) is 3.72. The number of ether oxygens (including phenoxy) is 1. The number of carbonyl (C=O) groups is 1. The van der Waals surface area contributed by atoms with E-state index in [1.165, 1.54) is 0 Å². The van der Waals surface area contributed by atoms with E-state index in [0.717, 1.165) is 18.2 Å². The highest BCUT2D eigenvalue weighted by Gasteiger charge is 2.10. The number of aldehydes is 1. The molecule has 2 nitrogen and oxygen atoms in total. The van der Waals surface area contributed by atoms with Crippen molar-refractivity contribution < 1.29 is 18.3 Å². The van der Waals surface area contributed by atoms with Gasteiger partial charge in [0, 0.05) is 18.2 Å². The van der Waals surface area contributed by atoms with Gasteiger partial charge in [-0.1, -0.05) is 6.07 Å². The minimum Gasteiger partial charge on any atom is -0.455 e. The van der Waals surface area contributed by atoms with Gasteiger partial charge in [0.1, 0.15) is 17.4 Å². The van der Waals surface area contributed by atoms with Crippen LogP contribution in [0.1, 0.15) is 10.4 Å². The molecular formula is C13H7BrF2O2. The first-order valence-corrected chi connectivity index (χ1v) is 5.77. The lowest BCUT2D eigenvalue weighted by Gasteiger charge is -2.10. The molecule has 0 fully saturated rings. The van der Waals surface area contributed by atoms with Crippen molar-refractivity contribution >= 4 is 22.2 Å². The van der Waals surface area contributed by atoms with Crippen LogP contribution in [0, 0.1) is 11.6 Å². The van der Waals surface area contributed by atoms with Gasteiger partial charge >= 0.3 is 0 Å². The first-order valence-electron chi connectivity index (χ1n) is 4.98. The number of hydrogen-bond acceptors (Lipinski definition) is 2. The molecule has 0 aromatic heterocycles. The Morgan fingerprint density at radius 2 is 1.78 bits per heavy atom. The third-order valence-corrected chi connectivity index (χ3v) is 2.80. The first kappa shape index (κ1) is 12.7. The summed E-state index contributed by atoms with van der Waals surface area (Å²) in [5.74, 6) is -1.28. The fraction of sp³-hybridized carbons (Fsp3) is 0. The minimum absolute atomic E-state index is 0.0116. The number of carbonyl (C=O) groups excluding carboxylic acids is 1. The van der Waals surface area contributed by atoms with Crippen molar-refractivity contribution in [3.05, 3.63) is 58.1 Å². The zero-order valence-electron chi connectivity index (χ0n) is 8.99. The molecule has 2 aromatic carbocycles. The molecule has 0 bridgehead atoms. The quantitative estimate of drug-likeness (QED) is 0.788. The Labute approximate surface area is 110 Å². The monoisotopic (exact) mass is 312 g/mol. The molecule has 0 heterocycles.